The van der Waals surface area contributed by atoms with Crippen LogP contribution in [0.3, 0.4) is 0 Å². The number of carbonyl (C=O) groups is 1. The third kappa shape index (κ3) is 3.61. The van der Waals surface area contributed by atoms with Gasteiger partial charge >= 0.3 is 5.69 Å². The maximum absolute atomic E-state index is 12.3. The molecule has 2 aliphatic rings. The molecule has 140 valence electrons. The van der Waals surface area contributed by atoms with E-state index in [0.29, 0.717) is 32.5 Å². The lowest BCUT2D eigenvalue weighted by Gasteiger charge is -2.22. The molecular weight excluding hydrogens is 352 g/mol. The summed E-state index contributed by atoms with van der Waals surface area (Å²) in [6.45, 7) is 2.53. The van der Waals surface area contributed by atoms with Crippen LogP contribution in [0.5, 0.6) is 0 Å². The quantitative estimate of drug-likeness (QED) is 0.778. The standard InChI is InChI=1S/C18H24N4O3S/c23-16(12-14-17-13(5-10-25-14)6-11-26-17)19-7-3-9-22-18(24)21-8-2-1-4-15(21)20-22/h6,11,14H,1-5,7-10,12H2,(H,19,23). The van der Waals surface area contributed by atoms with Crippen LogP contribution in [0.25, 0.3) is 0 Å². The minimum atomic E-state index is -0.124. The minimum absolute atomic E-state index is 0.00673. The first-order chi connectivity index (χ1) is 12.7. The Morgan fingerprint density at radius 3 is 3.19 bits per heavy atom. The molecule has 0 aromatic carbocycles. The van der Waals surface area contributed by atoms with E-state index in [4.69, 9.17) is 4.74 Å². The highest BCUT2D eigenvalue weighted by Gasteiger charge is 2.24. The lowest BCUT2D eigenvalue weighted by atomic mass is 10.1. The number of aryl methyl sites for hydroxylation is 2. The first-order valence-electron chi connectivity index (χ1n) is 9.33. The van der Waals surface area contributed by atoms with Crippen LogP contribution in [0.4, 0.5) is 0 Å². The highest BCUT2D eigenvalue weighted by molar-refractivity contribution is 7.10. The van der Waals surface area contributed by atoms with Gasteiger partial charge in [-0.25, -0.2) is 9.48 Å². The molecule has 26 heavy (non-hydrogen) atoms. The van der Waals surface area contributed by atoms with Crippen LogP contribution < -0.4 is 11.0 Å². The van der Waals surface area contributed by atoms with E-state index in [9.17, 15) is 9.59 Å². The highest BCUT2D eigenvalue weighted by atomic mass is 32.1. The molecule has 4 rings (SSSR count). The second kappa shape index (κ2) is 7.75. The largest absolute Gasteiger partial charge is 0.372 e. The first-order valence-corrected chi connectivity index (χ1v) is 10.2. The lowest BCUT2D eigenvalue weighted by molar-refractivity contribution is -0.124. The van der Waals surface area contributed by atoms with E-state index in [1.165, 1.54) is 15.1 Å². The van der Waals surface area contributed by atoms with Crippen molar-refractivity contribution in [2.75, 3.05) is 13.2 Å². The number of thiophene rings is 1. The van der Waals surface area contributed by atoms with Crippen molar-refractivity contribution in [3.05, 3.63) is 38.2 Å². The number of hydrogen-bond donors (Lipinski definition) is 1. The zero-order valence-electron chi connectivity index (χ0n) is 14.8. The van der Waals surface area contributed by atoms with Crippen LogP contribution in [0.1, 0.15) is 48.1 Å². The van der Waals surface area contributed by atoms with Crippen molar-refractivity contribution in [1.82, 2.24) is 19.7 Å². The van der Waals surface area contributed by atoms with Gasteiger partial charge < -0.3 is 10.1 Å². The van der Waals surface area contributed by atoms with Crippen molar-refractivity contribution in [2.24, 2.45) is 0 Å². The number of rotatable bonds is 6. The average Bonchev–Trinajstić information content (AvgIpc) is 3.25. The normalized spacial score (nSPS) is 19.0. The first kappa shape index (κ1) is 17.5. The van der Waals surface area contributed by atoms with E-state index < -0.39 is 0 Å². The summed E-state index contributed by atoms with van der Waals surface area (Å²) < 4.78 is 9.08. The van der Waals surface area contributed by atoms with Crippen molar-refractivity contribution in [2.45, 2.75) is 57.7 Å². The Hall–Kier alpha value is -1.93. The van der Waals surface area contributed by atoms with Crippen molar-refractivity contribution in [1.29, 1.82) is 0 Å². The number of nitrogens with one attached hydrogen (secondary N) is 1. The Labute approximate surface area is 156 Å². The van der Waals surface area contributed by atoms with E-state index in [-0.39, 0.29) is 17.7 Å². The third-order valence-corrected chi connectivity index (χ3v) is 6.09. The topological polar surface area (TPSA) is 78.2 Å². The monoisotopic (exact) mass is 376 g/mol. The van der Waals surface area contributed by atoms with Crippen LogP contribution in [-0.4, -0.2) is 33.4 Å². The molecule has 1 unspecified atom stereocenters. The van der Waals surface area contributed by atoms with Crippen molar-refractivity contribution >= 4 is 17.2 Å². The fourth-order valence-electron chi connectivity index (χ4n) is 3.67. The molecule has 7 nitrogen and oxygen atoms in total. The predicted octanol–water partition coefficient (Wildman–Crippen LogP) is 1.65. The summed E-state index contributed by atoms with van der Waals surface area (Å²) >= 11 is 1.66. The van der Waals surface area contributed by atoms with Crippen LogP contribution >= 0.6 is 11.3 Å². The molecule has 0 spiro atoms. The van der Waals surface area contributed by atoms with Gasteiger partial charge in [0.2, 0.25) is 5.91 Å². The van der Waals surface area contributed by atoms with Gasteiger partial charge in [0.1, 0.15) is 11.9 Å². The maximum Gasteiger partial charge on any atom is 0.345 e. The van der Waals surface area contributed by atoms with Gasteiger partial charge in [-0.15, -0.1) is 11.3 Å². The molecule has 2 aromatic rings. The second-order valence-electron chi connectivity index (χ2n) is 6.86. The fraction of sp³-hybridized carbons (Fsp3) is 0.611. The summed E-state index contributed by atoms with van der Waals surface area (Å²) in [4.78, 5) is 25.6. The number of amides is 1. The zero-order chi connectivity index (χ0) is 17.9. The molecule has 0 radical (unpaired) electrons. The smallest absolute Gasteiger partial charge is 0.345 e. The molecule has 0 bridgehead atoms. The number of aromatic nitrogens is 3. The number of nitrogens with zero attached hydrogens (tertiary/aromatic N) is 3. The Morgan fingerprint density at radius 1 is 1.38 bits per heavy atom. The number of hydrogen-bond acceptors (Lipinski definition) is 5. The van der Waals surface area contributed by atoms with Crippen LogP contribution in [0.15, 0.2) is 16.2 Å². The minimum Gasteiger partial charge on any atom is -0.372 e. The van der Waals surface area contributed by atoms with E-state index in [1.54, 1.807) is 15.9 Å². The summed E-state index contributed by atoms with van der Waals surface area (Å²) in [7, 11) is 0. The molecule has 0 aliphatic carbocycles. The Kier molecular flexibility index (Phi) is 5.21. The Morgan fingerprint density at radius 2 is 2.31 bits per heavy atom. The zero-order valence-corrected chi connectivity index (χ0v) is 15.6. The summed E-state index contributed by atoms with van der Waals surface area (Å²) in [5, 5.41) is 9.42. The van der Waals surface area contributed by atoms with E-state index in [2.05, 4.69) is 21.9 Å². The van der Waals surface area contributed by atoms with Gasteiger partial charge in [-0.2, -0.15) is 5.10 Å². The molecule has 8 heteroatoms. The highest BCUT2D eigenvalue weighted by Crippen LogP contribution is 2.33. The lowest BCUT2D eigenvalue weighted by Crippen LogP contribution is -2.30. The van der Waals surface area contributed by atoms with Crippen molar-refractivity contribution in [3.63, 3.8) is 0 Å². The molecule has 0 saturated heterocycles. The number of fused-ring (bicyclic) bond motifs is 2. The van der Waals surface area contributed by atoms with Gasteiger partial charge in [-0.05, 0) is 42.7 Å². The molecule has 1 N–H and O–H groups in total. The van der Waals surface area contributed by atoms with E-state index >= 15 is 0 Å². The van der Waals surface area contributed by atoms with Crippen LogP contribution in [0.2, 0.25) is 0 Å². The summed E-state index contributed by atoms with van der Waals surface area (Å²) in [5.74, 6) is 0.888. The predicted molar refractivity (Wildman–Crippen MR) is 98.4 cm³/mol. The van der Waals surface area contributed by atoms with Crippen molar-refractivity contribution < 1.29 is 9.53 Å². The molecule has 1 atom stereocenters. The molecule has 2 aromatic heterocycles. The molecular formula is C18H24N4O3S. The van der Waals surface area contributed by atoms with Crippen LogP contribution in [-0.2, 0) is 35.5 Å². The number of carbonyl (C=O) groups excluding carboxylic acids is 1. The Bertz CT molecular complexity index is 838. The Balaban J connectivity index is 1.24. The third-order valence-electron chi connectivity index (χ3n) is 5.03. The molecule has 1 amide bonds. The molecule has 4 heterocycles. The van der Waals surface area contributed by atoms with Gasteiger partial charge in [-0.1, -0.05) is 0 Å². The van der Waals surface area contributed by atoms with E-state index in [0.717, 1.165) is 38.1 Å². The average molecular weight is 376 g/mol. The van der Waals surface area contributed by atoms with Gasteiger partial charge in [0, 0.05) is 30.9 Å². The molecule has 2 aliphatic heterocycles. The van der Waals surface area contributed by atoms with Gasteiger partial charge in [0.05, 0.1) is 13.0 Å². The van der Waals surface area contributed by atoms with Gasteiger partial charge in [-0.3, -0.25) is 9.36 Å². The maximum atomic E-state index is 12.3. The SMILES string of the molecule is O=C(CC1OCCc2ccsc21)NCCCn1nc2n(c1=O)CCCC2. The fourth-order valence-corrected chi connectivity index (χ4v) is 4.67. The number of ether oxygens (including phenoxy) is 1. The summed E-state index contributed by atoms with van der Waals surface area (Å²) in [5.41, 5.74) is 1.29. The molecule has 0 fully saturated rings. The van der Waals surface area contributed by atoms with E-state index in [1.807, 2.05) is 0 Å². The van der Waals surface area contributed by atoms with Crippen molar-refractivity contribution in [3.8, 4) is 0 Å². The summed E-state index contributed by atoms with van der Waals surface area (Å²) in [6, 6.07) is 2.12. The van der Waals surface area contributed by atoms with Gasteiger partial charge in [0.25, 0.3) is 0 Å². The summed E-state index contributed by atoms with van der Waals surface area (Å²) in [6.07, 6.45) is 4.88. The second-order valence-corrected chi connectivity index (χ2v) is 7.81. The van der Waals surface area contributed by atoms with Gasteiger partial charge in [0.15, 0.2) is 0 Å². The molecule has 0 saturated carbocycles. The van der Waals surface area contributed by atoms with Crippen LogP contribution in [0, 0.1) is 0 Å².